The largest absolute Gasteiger partial charge is 0.496 e. The number of aromatic nitrogens is 3. The number of methoxy groups -OCH3 is 1. The molecule has 6 nitrogen and oxygen atoms in total. The van der Waals surface area contributed by atoms with Gasteiger partial charge in [0.15, 0.2) is 5.82 Å². The molecule has 0 aliphatic rings. The minimum atomic E-state index is -4.55. The second kappa shape index (κ2) is 9.15. The summed E-state index contributed by atoms with van der Waals surface area (Å²) in [7, 11) is 1.50. The predicted molar refractivity (Wildman–Crippen MR) is 109 cm³/mol. The minimum absolute atomic E-state index is 0.00502. The number of ether oxygens (including phenoxy) is 1. The highest BCUT2D eigenvalue weighted by atomic mass is 35.5. The van der Waals surface area contributed by atoms with Crippen LogP contribution in [0.2, 0.25) is 10.0 Å². The van der Waals surface area contributed by atoms with Crippen LogP contribution in [0, 0.1) is 0 Å². The molecule has 2 N–H and O–H groups in total. The van der Waals surface area contributed by atoms with Gasteiger partial charge < -0.3 is 10.1 Å². The summed E-state index contributed by atoms with van der Waals surface area (Å²) < 4.78 is 43.8. The predicted octanol–water partition coefficient (Wildman–Crippen LogP) is 5.54. The number of aromatic amines is 1. The number of rotatable bonds is 6. The maximum atomic E-state index is 12.8. The highest BCUT2D eigenvalue weighted by Crippen LogP contribution is 2.34. The molecule has 0 saturated carbocycles. The van der Waals surface area contributed by atoms with Crippen molar-refractivity contribution in [2.75, 3.05) is 18.2 Å². The lowest BCUT2D eigenvalue weighted by Crippen LogP contribution is -2.15. The zero-order chi connectivity index (χ0) is 21.9. The number of alkyl halides is 3. The number of hydrogen-bond donors (Lipinski definition) is 2. The first-order valence-electron chi connectivity index (χ1n) is 8.23. The Bertz CT molecular complexity index is 1080. The molecule has 3 aromatic rings. The first-order chi connectivity index (χ1) is 14.2. The number of anilines is 1. The Hall–Kier alpha value is -2.43. The maximum absolute atomic E-state index is 12.8. The molecule has 158 valence electrons. The van der Waals surface area contributed by atoms with Gasteiger partial charge in [-0.15, -0.1) is 5.10 Å². The molecule has 1 heterocycles. The van der Waals surface area contributed by atoms with Crippen LogP contribution in [0.25, 0.3) is 11.4 Å². The molecule has 2 aromatic carbocycles. The van der Waals surface area contributed by atoms with Crippen molar-refractivity contribution in [1.29, 1.82) is 0 Å². The number of hydrogen-bond acceptors (Lipinski definition) is 5. The molecule has 0 radical (unpaired) electrons. The smallest absolute Gasteiger partial charge is 0.416 e. The van der Waals surface area contributed by atoms with Gasteiger partial charge in [-0.25, -0.2) is 4.98 Å². The van der Waals surface area contributed by atoms with E-state index in [-0.39, 0.29) is 21.6 Å². The Morgan fingerprint density at radius 3 is 2.70 bits per heavy atom. The van der Waals surface area contributed by atoms with Gasteiger partial charge in [-0.3, -0.25) is 9.89 Å². The molecule has 0 spiro atoms. The van der Waals surface area contributed by atoms with Crippen LogP contribution < -0.4 is 10.1 Å². The fraction of sp³-hybridized carbons (Fsp3) is 0.167. The third-order valence-corrected chi connectivity index (χ3v) is 5.19. The summed E-state index contributed by atoms with van der Waals surface area (Å²) in [4.78, 5) is 16.4. The molecular weight excluding hydrogens is 464 g/mol. The van der Waals surface area contributed by atoms with E-state index in [0.29, 0.717) is 22.2 Å². The minimum Gasteiger partial charge on any atom is -0.496 e. The van der Waals surface area contributed by atoms with E-state index in [1.165, 1.54) is 7.11 Å². The highest BCUT2D eigenvalue weighted by molar-refractivity contribution is 7.99. The van der Waals surface area contributed by atoms with Crippen molar-refractivity contribution in [3.05, 3.63) is 52.0 Å². The van der Waals surface area contributed by atoms with Gasteiger partial charge in [0.2, 0.25) is 11.1 Å². The molecule has 0 aliphatic carbocycles. The normalized spacial score (nSPS) is 11.4. The maximum Gasteiger partial charge on any atom is 0.416 e. The quantitative estimate of drug-likeness (QED) is 0.456. The second-order valence-electron chi connectivity index (χ2n) is 5.84. The molecule has 1 aromatic heterocycles. The monoisotopic (exact) mass is 476 g/mol. The van der Waals surface area contributed by atoms with Crippen LogP contribution in [-0.4, -0.2) is 34.0 Å². The summed E-state index contributed by atoms with van der Waals surface area (Å²) in [5.41, 5.74) is -0.454. The van der Waals surface area contributed by atoms with Gasteiger partial charge in [-0.1, -0.05) is 35.0 Å². The van der Waals surface area contributed by atoms with E-state index >= 15 is 0 Å². The Morgan fingerprint density at radius 1 is 1.23 bits per heavy atom. The number of nitrogens with zero attached hydrogens (tertiary/aromatic N) is 2. The fourth-order valence-corrected chi connectivity index (χ4v) is 3.35. The third kappa shape index (κ3) is 5.38. The number of thioether (sulfide) groups is 1. The molecule has 30 heavy (non-hydrogen) atoms. The van der Waals surface area contributed by atoms with E-state index in [9.17, 15) is 18.0 Å². The van der Waals surface area contributed by atoms with Crippen LogP contribution in [0.5, 0.6) is 5.75 Å². The Labute approximate surface area is 183 Å². The summed E-state index contributed by atoms with van der Waals surface area (Å²) in [5.74, 6) is 0.214. The SMILES string of the molecule is COc1ccc(Cl)cc1-c1nc(SCC(=O)Nc2cc(C(F)(F)F)ccc2Cl)n[nH]1. The molecule has 1 amide bonds. The van der Waals surface area contributed by atoms with Crippen LogP contribution >= 0.6 is 35.0 Å². The van der Waals surface area contributed by atoms with E-state index in [1.807, 2.05) is 0 Å². The fourth-order valence-electron chi connectivity index (χ4n) is 2.41. The molecule has 3 rings (SSSR count). The Balaban J connectivity index is 1.66. The molecule has 0 atom stereocenters. The van der Waals surface area contributed by atoms with Crippen molar-refractivity contribution in [1.82, 2.24) is 15.2 Å². The number of nitrogens with one attached hydrogen (secondary N) is 2. The first kappa shape index (κ1) is 22.3. The summed E-state index contributed by atoms with van der Waals surface area (Å²) in [6, 6.07) is 7.69. The lowest BCUT2D eigenvalue weighted by Gasteiger charge is -2.11. The van der Waals surface area contributed by atoms with Gasteiger partial charge in [0.1, 0.15) is 5.75 Å². The van der Waals surface area contributed by atoms with Crippen molar-refractivity contribution >= 4 is 46.6 Å². The van der Waals surface area contributed by atoms with Gasteiger partial charge in [0.25, 0.3) is 0 Å². The van der Waals surface area contributed by atoms with Crippen molar-refractivity contribution in [2.45, 2.75) is 11.3 Å². The number of carbonyl (C=O) groups is 1. The topological polar surface area (TPSA) is 79.9 Å². The average Bonchev–Trinajstić information content (AvgIpc) is 3.16. The summed E-state index contributed by atoms with van der Waals surface area (Å²) in [6.45, 7) is 0. The zero-order valence-corrected chi connectivity index (χ0v) is 17.5. The molecular formula is C18H13Cl2F3N4O2S. The van der Waals surface area contributed by atoms with Crippen molar-refractivity contribution in [3.8, 4) is 17.1 Å². The Kier molecular flexibility index (Phi) is 6.79. The second-order valence-corrected chi connectivity index (χ2v) is 7.63. The zero-order valence-electron chi connectivity index (χ0n) is 15.2. The highest BCUT2D eigenvalue weighted by Gasteiger charge is 2.31. The first-order valence-corrected chi connectivity index (χ1v) is 9.97. The van der Waals surface area contributed by atoms with Crippen LogP contribution in [0.15, 0.2) is 41.6 Å². The van der Waals surface area contributed by atoms with Gasteiger partial charge in [0, 0.05) is 5.02 Å². The molecule has 0 aliphatic heterocycles. The van der Waals surface area contributed by atoms with Crippen LogP contribution in [0.4, 0.5) is 18.9 Å². The summed E-state index contributed by atoms with van der Waals surface area (Å²) in [5, 5.41) is 9.85. The van der Waals surface area contributed by atoms with Crippen LogP contribution in [0.3, 0.4) is 0 Å². The van der Waals surface area contributed by atoms with Gasteiger partial charge >= 0.3 is 6.18 Å². The summed E-state index contributed by atoms with van der Waals surface area (Å²) in [6.07, 6.45) is -4.55. The molecule has 0 saturated heterocycles. The van der Waals surface area contributed by atoms with E-state index in [0.717, 1.165) is 30.0 Å². The van der Waals surface area contributed by atoms with E-state index < -0.39 is 17.6 Å². The van der Waals surface area contributed by atoms with Gasteiger partial charge in [-0.05, 0) is 36.4 Å². The number of amides is 1. The van der Waals surface area contributed by atoms with Gasteiger partial charge in [0.05, 0.1) is 34.7 Å². The van der Waals surface area contributed by atoms with Crippen LogP contribution in [-0.2, 0) is 11.0 Å². The third-order valence-electron chi connectivity index (χ3n) is 3.78. The van der Waals surface area contributed by atoms with E-state index in [4.69, 9.17) is 27.9 Å². The number of H-pyrrole nitrogens is 1. The lowest BCUT2D eigenvalue weighted by molar-refractivity contribution is -0.137. The molecule has 0 bridgehead atoms. The van der Waals surface area contributed by atoms with E-state index in [1.54, 1.807) is 18.2 Å². The molecule has 12 heteroatoms. The van der Waals surface area contributed by atoms with Gasteiger partial charge in [-0.2, -0.15) is 13.2 Å². The molecule has 0 fully saturated rings. The number of benzene rings is 2. The van der Waals surface area contributed by atoms with Crippen LogP contribution in [0.1, 0.15) is 5.56 Å². The summed E-state index contributed by atoms with van der Waals surface area (Å²) >= 11 is 12.9. The number of halogens is 5. The molecule has 0 unspecified atom stereocenters. The standard InChI is InChI=1S/C18H13Cl2F3N4O2S/c1-29-14-5-3-10(19)7-11(14)16-25-17(27-26-16)30-8-15(28)24-13-6-9(18(21,22)23)2-4-12(13)20/h2-7H,8H2,1H3,(H,24,28)(H,25,26,27). The van der Waals surface area contributed by atoms with Crippen molar-refractivity contribution in [2.24, 2.45) is 0 Å². The number of carbonyl (C=O) groups excluding carboxylic acids is 1. The Morgan fingerprint density at radius 2 is 2.00 bits per heavy atom. The van der Waals surface area contributed by atoms with Crippen molar-refractivity contribution < 1.29 is 22.7 Å². The van der Waals surface area contributed by atoms with Crippen molar-refractivity contribution in [3.63, 3.8) is 0 Å². The lowest BCUT2D eigenvalue weighted by atomic mass is 10.2. The van der Waals surface area contributed by atoms with E-state index in [2.05, 4.69) is 20.5 Å². The average molecular weight is 477 g/mol.